The first kappa shape index (κ1) is 13.1. The molecule has 0 unspecified atom stereocenters. The van der Waals surface area contributed by atoms with Crippen LogP contribution in [0.3, 0.4) is 0 Å². The molecule has 5 heteroatoms. The van der Waals surface area contributed by atoms with Crippen LogP contribution in [0.5, 0.6) is 0 Å². The van der Waals surface area contributed by atoms with Gasteiger partial charge in [-0.05, 0) is 6.07 Å². The largest absolute Gasteiger partial charge is 0.288 e. The molecule has 0 aromatic heterocycles. The maximum atomic E-state index is 12.5. The number of allylic oxidation sites excluding steroid dienone is 1. The number of fused-ring (bicyclic) bond motifs is 1. The molecule has 1 heterocycles. The molecular weight excluding hydrogens is 292 g/mol. The number of benzene rings is 2. The molecule has 2 aromatic carbocycles. The van der Waals surface area contributed by atoms with E-state index < -0.39 is 15.6 Å². The fourth-order valence-electron chi connectivity index (χ4n) is 2.21. The van der Waals surface area contributed by atoms with Gasteiger partial charge in [0.25, 0.3) is 0 Å². The number of rotatable bonds is 2. The normalized spacial score (nSPS) is 16.1. The predicted molar refractivity (Wildman–Crippen MR) is 80.3 cm³/mol. The van der Waals surface area contributed by atoms with Crippen LogP contribution in [0.4, 0.5) is 0 Å². The first-order valence-electron chi connectivity index (χ1n) is 5.91. The summed E-state index contributed by atoms with van der Waals surface area (Å²) in [5.74, 6) is -0.521. The Bertz CT molecular complexity index is 834. The molecule has 0 spiro atoms. The van der Waals surface area contributed by atoms with E-state index in [1.807, 2.05) is 0 Å². The van der Waals surface area contributed by atoms with Crippen molar-refractivity contribution in [3.8, 4) is 0 Å². The minimum Gasteiger partial charge on any atom is -0.288 e. The first-order valence-corrected chi connectivity index (χ1v) is 7.84. The molecule has 0 atom stereocenters. The van der Waals surface area contributed by atoms with Gasteiger partial charge in [0, 0.05) is 16.0 Å². The van der Waals surface area contributed by atoms with Gasteiger partial charge >= 0.3 is 0 Å². The maximum absolute atomic E-state index is 12.5. The van der Waals surface area contributed by atoms with Crippen LogP contribution in [-0.2, 0) is 9.84 Å². The lowest BCUT2D eigenvalue weighted by molar-refractivity contribution is 0.104. The van der Waals surface area contributed by atoms with E-state index in [4.69, 9.17) is 0 Å². The van der Waals surface area contributed by atoms with Crippen LogP contribution in [0.25, 0.3) is 4.91 Å². The molecule has 100 valence electrons. The van der Waals surface area contributed by atoms with Crippen LogP contribution in [0.2, 0.25) is 0 Å². The summed E-state index contributed by atoms with van der Waals surface area (Å²) < 4.78 is 25.0. The summed E-state index contributed by atoms with van der Waals surface area (Å²) in [6, 6.07) is 14.8. The molecule has 0 amide bonds. The average Bonchev–Trinajstić information content (AvgIpc) is 2.67. The van der Waals surface area contributed by atoms with Gasteiger partial charge < -0.3 is 0 Å². The molecule has 0 radical (unpaired) electrons. The van der Waals surface area contributed by atoms with E-state index in [0.717, 1.165) is 0 Å². The monoisotopic (exact) mass is 302 g/mol. The van der Waals surface area contributed by atoms with Crippen molar-refractivity contribution in [3.63, 3.8) is 0 Å². The topological polar surface area (TPSA) is 51.2 Å². The van der Waals surface area contributed by atoms with E-state index in [0.29, 0.717) is 11.1 Å². The number of carbonyl (C=O) groups is 1. The zero-order chi connectivity index (χ0) is 14.3. The molecule has 1 aliphatic rings. The lowest BCUT2D eigenvalue weighted by atomic mass is 10.1. The van der Waals surface area contributed by atoms with Crippen LogP contribution in [0.1, 0.15) is 15.9 Å². The second-order valence-electron chi connectivity index (χ2n) is 4.37. The Kier molecular flexibility index (Phi) is 3.03. The van der Waals surface area contributed by atoms with Crippen molar-refractivity contribution in [2.75, 3.05) is 0 Å². The van der Waals surface area contributed by atoms with Crippen LogP contribution in [0.15, 0.2) is 64.4 Å². The summed E-state index contributed by atoms with van der Waals surface area (Å²) in [7, 11) is -3.79. The van der Waals surface area contributed by atoms with Gasteiger partial charge in [0.15, 0.2) is 0 Å². The summed E-state index contributed by atoms with van der Waals surface area (Å²) in [6.45, 7) is 0. The summed E-state index contributed by atoms with van der Waals surface area (Å²) >= 11 is 4.25. The highest BCUT2D eigenvalue weighted by Crippen LogP contribution is 2.42. The standard InChI is InChI=1S/C15H10O3S2/c16-13(10-6-2-1-3-7-10)15-14(19)11-8-4-5-9-12(11)20(15,17)18/h1-9,19H. The minimum absolute atomic E-state index is 0.143. The van der Waals surface area contributed by atoms with Crippen LogP contribution < -0.4 is 0 Å². The van der Waals surface area contributed by atoms with Gasteiger partial charge in [-0.3, -0.25) is 4.79 Å². The summed E-state index contributed by atoms with van der Waals surface area (Å²) in [6.07, 6.45) is 0. The summed E-state index contributed by atoms with van der Waals surface area (Å²) in [5, 5.41) is 0. The zero-order valence-electron chi connectivity index (χ0n) is 10.3. The average molecular weight is 302 g/mol. The third kappa shape index (κ3) is 1.82. The minimum atomic E-state index is -3.79. The van der Waals surface area contributed by atoms with Gasteiger partial charge in [0.2, 0.25) is 15.6 Å². The second kappa shape index (κ2) is 4.61. The number of sulfone groups is 1. The smallest absolute Gasteiger partial charge is 0.212 e. The molecule has 2 aromatic rings. The first-order chi connectivity index (χ1) is 9.53. The third-order valence-corrected chi connectivity index (χ3v) is 5.64. The molecule has 0 bridgehead atoms. The highest BCUT2D eigenvalue weighted by Gasteiger charge is 2.38. The number of Topliss-reactive ketones (excluding diaryl/α,β-unsaturated/α-hetero) is 1. The Morgan fingerprint density at radius 2 is 1.50 bits per heavy atom. The fourth-order valence-corrected chi connectivity index (χ4v) is 4.60. The summed E-state index contributed by atoms with van der Waals surface area (Å²) in [4.78, 5) is 12.6. The van der Waals surface area contributed by atoms with E-state index in [1.54, 1.807) is 48.5 Å². The number of thiol groups is 1. The third-order valence-electron chi connectivity index (χ3n) is 3.16. The van der Waals surface area contributed by atoms with E-state index >= 15 is 0 Å². The number of hydrogen-bond donors (Lipinski definition) is 1. The molecule has 1 aliphatic heterocycles. The molecule has 3 nitrogen and oxygen atoms in total. The van der Waals surface area contributed by atoms with Crippen LogP contribution >= 0.6 is 12.6 Å². The molecule has 0 saturated heterocycles. The Labute approximate surface area is 122 Å². The lowest BCUT2D eigenvalue weighted by Gasteiger charge is -2.03. The molecule has 0 saturated carbocycles. The summed E-state index contributed by atoms with van der Waals surface area (Å²) in [5.41, 5.74) is 0.820. The Hall–Kier alpha value is -1.85. The molecule has 20 heavy (non-hydrogen) atoms. The van der Waals surface area contributed by atoms with Crippen molar-refractivity contribution in [1.82, 2.24) is 0 Å². The van der Waals surface area contributed by atoms with Gasteiger partial charge in [-0.25, -0.2) is 8.42 Å². The SMILES string of the molecule is O=C(C1=C(S)c2ccccc2S1(=O)=O)c1ccccc1. The quantitative estimate of drug-likeness (QED) is 0.685. The van der Waals surface area contributed by atoms with E-state index in [-0.39, 0.29) is 14.7 Å². The van der Waals surface area contributed by atoms with Crippen LogP contribution in [0, 0.1) is 0 Å². The number of carbonyl (C=O) groups excluding carboxylic acids is 1. The Morgan fingerprint density at radius 3 is 2.15 bits per heavy atom. The van der Waals surface area contributed by atoms with Crippen molar-refractivity contribution in [2.24, 2.45) is 0 Å². The van der Waals surface area contributed by atoms with Gasteiger partial charge in [0.1, 0.15) is 4.91 Å². The Morgan fingerprint density at radius 1 is 0.900 bits per heavy atom. The highest BCUT2D eigenvalue weighted by atomic mass is 32.2. The maximum Gasteiger partial charge on any atom is 0.212 e. The van der Waals surface area contributed by atoms with Crippen molar-refractivity contribution in [1.29, 1.82) is 0 Å². The van der Waals surface area contributed by atoms with Crippen LogP contribution in [-0.4, -0.2) is 14.2 Å². The molecule has 0 fully saturated rings. The zero-order valence-corrected chi connectivity index (χ0v) is 12.0. The highest BCUT2D eigenvalue weighted by molar-refractivity contribution is 8.00. The molecule has 3 rings (SSSR count). The number of hydrogen-bond acceptors (Lipinski definition) is 4. The molecular formula is C15H10O3S2. The van der Waals surface area contributed by atoms with Gasteiger partial charge in [-0.2, -0.15) is 0 Å². The van der Waals surface area contributed by atoms with Crippen molar-refractivity contribution in [3.05, 3.63) is 70.6 Å². The van der Waals surface area contributed by atoms with Gasteiger partial charge in [0.05, 0.1) is 4.90 Å². The van der Waals surface area contributed by atoms with Crippen molar-refractivity contribution in [2.45, 2.75) is 4.90 Å². The molecule has 0 aliphatic carbocycles. The van der Waals surface area contributed by atoms with E-state index in [2.05, 4.69) is 12.6 Å². The van der Waals surface area contributed by atoms with Crippen molar-refractivity contribution < 1.29 is 13.2 Å². The fraction of sp³-hybridized carbons (Fsp3) is 0. The molecule has 0 N–H and O–H groups in total. The van der Waals surface area contributed by atoms with Gasteiger partial charge in [-0.15, -0.1) is 12.6 Å². The van der Waals surface area contributed by atoms with E-state index in [1.165, 1.54) is 6.07 Å². The number of ketones is 1. The predicted octanol–water partition coefficient (Wildman–Crippen LogP) is 2.96. The van der Waals surface area contributed by atoms with Gasteiger partial charge in [-0.1, -0.05) is 48.5 Å². The van der Waals surface area contributed by atoms with E-state index in [9.17, 15) is 13.2 Å². The second-order valence-corrected chi connectivity index (χ2v) is 6.67. The Balaban J connectivity index is 2.22. The lowest BCUT2D eigenvalue weighted by Crippen LogP contribution is -2.11. The van der Waals surface area contributed by atoms with Crippen molar-refractivity contribution >= 4 is 33.2 Å².